The molecule has 1 aromatic rings. The van der Waals surface area contributed by atoms with Gasteiger partial charge in [-0.25, -0.2) is 4.79 Å². The van der Waals surface area contributed by atoms with Crippen LogP contribution in [0.1, 0.15) is 28.8 Å². The summed E-state index contributed by atoms with van der Waals surface area (Å²) in [5.41, 5.74) is 1.99. The van der Waals surface area contributed by atoms with Crippen molar-refractivity contribution in [1.29, 1.82) is 0 Å². The quantitative estimate of drug-likeness (QED) is 0.829. The lowest BCUT2D eigenvalue weighted by Crippen LogP contribution is -2.37. The van der Waals surface area contributed by atoms with Crippen molar-refractivity contribution in [2.45, 2.75) is 32.0 Å². The van der Waals surface area contributed by atoms with Gasteiger partial charge in [0.2, 0.25) is 0 Å². The minimum absolute atomic E-state index is 0.00898. The Bertz CT molecular complexity index is 718. The predicted molar refractivity (Wildman–Crippen MR) is 98.6 cm³/mol. The molecule has 0 aliphatic carbocycles. The van der Waals surface area contributed by atoms with E-state index in [-0.39, 0.29) is 11.8 Å². The Morgan fingerprint density at radius 3 is 2.50 bits per heavy atom. The minimum atomic E-state index is -1.05. The fourth-order valence-corrected chi connectivity index (χ4v) is 4.01. The van der Waals surface area contributed by atoms with E-state index in [1.54, 1.807) is 18.2 Å². The zero-order chi connectivity index (χ0) is 18.7. The second kappa shape index (κ2) is 8.09. The Labute approximate surface area is 156 Å². The van der Waals surface area contributed by atoms with Crippen LogP contribution < -0.4 is 5.32 Å². The number of carbonyl (C=O) groups excluding carboxylic acids is 2. The summed E-state index contributed by atoms with van der Waals surface area (Å²) in [5.74, 6) is 0.518. The maximum Gasteiger partial charge on any atom is 0.332 e. The molecular formula is C18H22N2O5S. The second-order valence-corrected chi connectivity index (χ2v) is 7.68. The van der Waals surface area contributed by atoms with Gasteiger partial charge in [0.15, 0.2) is 6.10 Å². The van der Waals surface area contributed by atoms with Gasteiger partial charge in [0, 0.05) is 35.8 Å². The molecule has 0 aromatic heterocycles. The molecule has 0 spiro atoms. The number of ether oxygens (including phenoxy) is 1. The molecule has 2 fully saturated rings. The summed E-state index contributed by atoms with van der Waals surface area (Å²) in [6.07, 6.45) is -0.975. The van der Waals surface area contributed by atoms with Crippen molar-refractivity contribution in [2.24, 2.45) is 0 Å². The van der Waals surface area contributed by atoms with E-state index < -0.39 is 18.2 Å². The summed E-state index contributed by atoms with van der Waals surface area (Å²) >= 11 is 1.85. The Morgan fingerprint density at radius 1 is 1.19 bits per heavy atom. The zero-order valence-corrected chi connectivity index (χ0v) is 15.4. The molecule has 26 heavy (non-hydrogen) atoms. The molecule has 7 nitrogen and oxygen atoms in total. The number of hydrogen-bond donors (Lipinski definition) is 2. The first-order chi connectivity index (χ1) is 12.5. The van der Waals surface area contributed by atoms with Crippen LogP contribution in [0.5, 0.6) is 0 Å². The van der Waals surface area contributed by atoms with Gasteiger partial charge in [-0.3, -0.25) is 9.59 Å². The topological polar surface area (TPSA) is 95.9 Å². The third kappa shape index (κ3) is 4.19. The number of carboxylic acid groups (broad SMARTS) is 1. The number of nitrogens with one attached hydrogen (secondary N) is 1. The molecule has 2 saturated heterocycles. The predicted octanol–water partition coefficient (Wildman–Crippen LogP) is 1.75. The monoisotopic (exact) mass is 378 g/mol. The number of benzene rings is 1. The van der Waals surface area contributed by atoms with Gasteiger partial charge < -0.3 is 20.1 Å². The Morgan fingerprint density at radius 2 is 1.88 bits per heavy atom. The highest BCUT2D eigenvalue weighted by atomic mass is 32.2. The van der Waals surface area contributed by atoms with Crippen LogP contribution in [0.15, 0.2) is 18.2 Å². The van der Waals surface area contributed by atoms with Gasteiger partial charge in [0.05, 0.1) is 0 Å². The van der Waals surface area contributed by atoms with E-state index in [9.17, 15) is 14.4 Å². The molecule has 0 saturated carbocycles. The fraction of sp³-hybridized carbons (Fsp3) is 0.500. The van der Waals surface area contributed by atoms with Crippen LogP contribution in [0.3, 0.4) is 0 Å². The van der Waals surface area contributed by atoms with Gasteiger partial charge in [0.25, 0.3) is 11.8 Å². The van der Waals surface area contributed by atoms with Crippen molar-refractivity contribution < 1.29 is 24.2 Å². The summed E-state index contributed by atoms with van der Waals surface area (Å²) in [6.45, 7) is 3.34. The molecule has 2 aliphatic rings. The standard InChI is InChI=1S/C18H22N2O5S/c1-11-10-12(17(22)20-6-8-26-9-7-20)2-3-13(11)19-16(21)14-4-5-15(25-14)18(23)24/h2-3,10,14-15H,4-9H2,1H3,(H,19,21)(H,23,24)/t14-,15+/m0/s1. The van der Waals surface area contributed by atoms with Crippen molar-refractivity contribution >= 4 is 35.2 Å². The molecule has 0 unspecified atom stereocenters. The van der Waals surface area contributed by atoms with Crippen LogP contribution in [0, 0.1) is 6.92 Å². The third-order valence-electron chi connectivity index (χ3n) is 4.62. The number of hydrogen-bond acceptors (Lipinski definition) is 5. The largest absolute Gasteiger partial charge is 0.479 e. The van der Waals surface area contributed by atoms with Crippen LogP contribution in [-0.4, -0.2) is 64.6 Å². The maximum absolute atomic E-state index is 12.5. The van der Waals surface area contributed by atoms with Gasteiger partial charge in [0.1, 0.15) is 6.10 Å². The minimum Gasteiger partial charge on any atom is -0.479 e. The fourth-order valence-electron chi connectivity index (χ4n) is 3.11. The molecule has 140 valence electrons. The number of rotatable bonds is 4. The molecule has 2 N–H and O–H groups in total. The highest BCUT2D eigenvalue weighted by Crippen LogP contribution is 2.23. The molecule has 2 aliphatic heterocycles. The van der Waals surface area contributed by atoms with E-state index in [0.717, 1.165) is 30.2 Å². The molecule has 1 aromatic carbocycles. The summed E-state index contributed by atoms with van der Waals surface area (Å²) in [4.78, 5) is 37.6. The summed E-state index contributed by atoms with van der Waals surface area (Å²) in [5, 5.41) is 11.7. The molecule has 8 heteroatoms. The summed E-state index contributed by atoms with van der Waals surface area (Å²) in [7, 11) is 0. The van der Waals surface area contributed by atoms with Crippen LogP contribution >= 0.6 is 11.8 Å². The zero-order valence-electron chi connectivity index (χ0n) is 14.6. The summed E-state index contributed by atoms with van der Waals surface area (Å²) < 4.78 is 5.26. The molecule has 0 radical (unpaired) electrons. The SMILES string of the molecule is Cc1cc(C(=O)N2CCSCC2)ccc1NC(=O)[C@@H]1CC[C@H](C(=O)O)O1. The van der Waals surface area contributed by atoms with E-state index in [1.165, 1.54) is 0 Å². The van der Waals surface area contributed by atoms with Gasteiger partial charge >= 0.3 is 5.97 Å². The van der Waals surface area contributed by atoms with E-state index in [2.05, 4.69) is 5.32 Å². The van der Waals surface area contributed by atoms with Crippen molar-refractivity contribution in [3.8, 4) is 0 Å². The van der Waals surface area contributed by atoms with Crippen molar-refractivity contribution in [1.82, 2.24) is 4.90 Å². The van der Waals surface area contributed by atoms with E-state index >= 15 is 0 Å². The normalized spacial score (nSPS) is 22.9. The van der Waals surface area contributed by atoms with Crippen LogP contribution in [0.2, 0.25) is 0 Å². The molecule has 2 heterocycles. The Balaban J connectivity index is 1.63. The van der Waals surface area contributed by atoms with Crippen molar-refractivity contribution in [3.05, 3.63) is 29.3 Å². The molecule has 2 atom stereocenters. The number of thioether (sulfide) groups is 1. The number of anilines is 1. The number of carboxylic acids is 1. The van der Waals surface area contributed by atoms with E-state index in [4.69, 9.17) is 9.84 Å². The number of carbonyl (C=O) groups is 3. The van der Waals surface area contributed by atoms with Crippen LogP contribution in [0.25, 0.3) is 0 Å². The first kappa shape index (κ1) is 18.7. The molecular weight excluding hydrogens is 356 g/mol. The average Bonchev–Trinajstić information content (AvgIpc) is 3.14. The number of aryl methyl sites for hydroxylation is 1. The highest BCUT2D eigenvalue weighted by molar-refractivity contribution is 7.99. The lowest BCUT2D eigenvalue weighted by molar-refractivity contribution is -0.150. The van der Waals surface area contributed by atoms with Crippen LogP contribution in [0.4, 0.5) is 5.69 Å². The summed E-state index contributed by atoms with van der Waals surface area (Å²) in [6, 6.07) is 5.19. The van der Waals surface area contributed by atoms with E-state index in [1.807, 2.05) is 23.6 Å². The number of aliphatic carboxylic acids is 1. The smallest absolute Gasteiger partial charge is 0.332 e. The van der Waals surface area contributed by atoms with E-state index in [0.29, 0.717) is 24.1 Å². The van der Waals surface area contributed by atoms with Gasteiger partial charge in [-0.15, -0.1) is 0 Å². The Kier molecular flexibility index (Phi) is 5.83. The van der Waals surface area contributed by atoms with Crippen LogP contribution in [-0.2, 0) is 14.3 Å². The maximum atomic E-state index is 12.5. The molecule has 2 amide bonds. The second-order valence-electron chi connectivity index (χ2n) is 6.45. The Hall–Kier alpha value is -2.06. The molecule has 0 bridgehead atoms. The lowest BCUT2D eigenvalue weighted by atomic mass is 10.1. The number of nitrogens with zero attached hydrogens (tertiary/aromatic N) is 1. The third-order valence-corrected chi connectivity index (χ3v) is 5.56. The van der Waals surface area contributed by atoms with Gasteiger partial charge in [-0.2, -0.15) is 11.8 Å². The number of amides is 2. The lowest BCUT2D eigenvalue weighted by Gasteiger charge is -2.26. The first-order valence-corrected chi connectivity index (χ1v) is 9.78. The van der Waals surface area contributed by atoms with Crippen molar-refractivity contribution in [3.63, 3.8) is 0 Å². The van der Waals surface area contributed by atoms with Crippen molar-refractivity contribution in [2.75, 3.05) is 29.9 Å². The van der Waals surface area contributed by atoms with Gasteiger partial charge in [-0.05, 0) is 43.5 Å². The average molecular weight is 378 g/mol. The highest BCUT2D eigenvalue weighted by Gasteiger charge is 2.34. The van der Waals surface area contributed by atoms with Gasteiger partial charge in [-0.1, -0.05) is 0 Å². The first-order valence-electron chi connectivity index (χ1n) is 8.62. The molecule has 3 rings (SSSR count).